The fourth-order valence-electron chi connectivity index (χ4n) is 4.80. The maximum absolute atomic E-state index is 13.7. The molecular weight excluding hydrogens is 434 g/mol. The quantitative estimate of drug-likeness (QED) is 0.531. The van der Waals surface area contributed by atoms with Gasteiger partial charge in [0.25, 0.3) is 0 Å². The molecule has 1 aromatic rings. The van der Waals surface area contributed by atoms with Crippen molar-refractivity contribution in [2.24, 2.45) is 5.41 Å². The van der Waals surface area contributed by atoms with Gasteiger partial charge in [-0.25, -0.2) is 4.79 Å². The topological polar surface area (TPSA) is 86.8 Å². The maximum Gasteiger partial charge on any atom is 0.320 e. The number of benzene rings is 1. The number of rotatable bonds is 3. The van der Waals surface area contributed by atoms with Gasteiger partial charge >= 0.3 is 6.03 Å². The first-order valence-electron chi connectivity index (χ1n) is 11.0. The van der Waals surface area contributed by atoms with Gasteiger partial charge in [-0.3, -0.25) is 0 Å². The summed E-state index contributed by atoms with van der Waals surface area (Å²) < 4.78 is 17.2. The molecule has 0 aromatic heterocycles. The molecule has 2 N–H and O–H groups in total. The summed E-state index contributed by atoms with van der Waals surface area (Å²) in [5, 5.41) is 9.85. The molecule has 1 aromatic carbocycles. The number of urea groups is 1. The third kappa shape index (κ3) is 4.13. The number of morpholine rings is 1. The molecular formula is C23H28ClN3O5. The van der Waals surface area contributed by atoms with Gasteiger partial charge in [-0.05, 0) is 24.1 Å². The summed E-state index contributed by atoms with van der Waals surface area (Å²) in [6, 6.07) is 5.69. The van der Waals surface area contributed by atoms with E-state index in [1.807, 2.05) is 40.2 Å². The molecule has 0 radical (unpaired) electrons. The second kappa shape index (κ2) is 8.68. The van der Waals surface area contributed by atoms with Gasteiger partial charge in [-0.15, -0.1) is 0 Å². The van der Waals surface area contributed by atoms with Crippen molar-refractivity contribution in [1.29, 1.82) is 0 Å². The van der Waals surface area contributed by atoms with Crippen molar-refractivity contribution < 1.29 is 24.2 Å². The lowest BCUT2D eigenvalue weighted by Crippen LogP contribution is -2.56. The van der Waals surface area contributed by atoms with Crippen LogP contribution in [-0.4, -0.2) is 66.2 Å². The molecule has 172 valence electrons. The predicted octanol–water partition coefficient (Wildman–Crippen LogP) is 3.17. The van der Waals surface area contributed by atoms with Crippen LogP contribution in [0.4, 0.5) is 4.79 Å². The smallest absolute Gasteiger partial charge is 0.320 e. The molecule has 9 heteroatoms. The number of ether oxygens (including phenoxy) is 3. The molecule has 4 aliphatic rings. The Morgan fingerprint density at radius 3 is 2.84 bits per heavy atom. The first-order valence-corrected chi connectivity index (χ1v) is 11.3. The van der Waals surface area contributed by atoms with Crippen LogP contribution in [0, 0.1) is 5.41 Å². The fourth-order valence-corrected chi connectivity index (χ4v) is 5.16. The number of hydroxylamine groups is 1. The van der Waals surface area contributed by atoms with E-state index in [0.29, 0.717) is 45.9 Å². The van der Waals surface area contributed by atoms with Crippen molar-refractivity contribution in [3.8, 4) is 5.75 Å². The minimum Gasteiger partial charge on any atom is -0.491 e. The van der Waals surface area contributed by atoms with E-state index in [2.05, 4.69) is 18.5 Å². The summed E-state index contributed by atoms with van der Waals surface area (Å²) in [6.45, 7) is 5.18. The molecule has 1 aliphatic carbocycles. The van der Waals surface area contributed by atoms with E-state index in [9.17, 15) is 4.79 Å². The number of fused-ring (bicyclic) bond motifs is 1. The molecule has 3 aliphatic heterocycles. The van der Waals surface area contributed by atoms with Crippen LogP contribution in [0.15, 0.2) is 41.5 Å². The van der Waals surface area contributed by atoms with Gasteiger partial charge in [0.1, 0.15) is 18.5 Å². The van der Waals surface area contributed by atoms with Gasteiger partial charge in [-0.2, -0.15) is 5.48 Å². The first kappa shape index (κ1) is 21.7. The van der Waals surface area contributed by atoms with Crippen molar-refractivity contribution in [3.05, 3.63) is 52.6 Å². The zero-order chi connectivity index (χ0) is 22.3. The third-order valence-electron chi connectivity index (χ3n) is 6.74. The van der Waals surface area contributed by atoms with E-state index in [4.69, 9.17) is 31.0 Å². The Hall–Kier alpha value is -2.10. The molecule has 3 heterocycles. The van der Waals surface area contributed by atoms with Crippen LogP contribution < -0.4 is 10.2 Å². The summed E-state index contributed by atoms with van der Waals surface area (Å²) in [7, 11) is 0. The largest absolute Gasteiger partial charge is 0.491 e. The molecule has 2 fully saturated rings. The average molecular weight is 462 g/mol. The molecule has 0 bridgehead atoms. The van der Waals surface area contributed by atoms with E-state index in [-0.39, 0.29) is 23.6 Å². The number of carbonyl (C=O) groups excluding carboxylic acids is 1. The minimum atomic E-state index is -0.397. The van der Waals surface area contributed by atoms with Gasteiger partial charge in [0.15, 0.2) is 6.23 Å². The molecule has 32 heavy (non-hydrogen) atoms. The van der Waals surface area contributed by atoms with Crippen molar-refractivity contribution >= 4 is 17.6 Å². The zero-order valence-electron chi connectivity index (χ0n) is 18.0. The highest BCUT2D eigenvalue weighted by atomic mass is 35.5. The lowest BCUT2D eigenvalue weighted by atomic mass is 9.76. The van der Waals surface area contributed by atoms with E-state index < -0.39 is 6.23 Å². The van der Waals surface area contributed by atoms with Crippen LogP contribution in [0.2, 0.25) is 0 Å². The highest BCUT2D eigenvalue weighted by molar-refractivity contribution is 6.29. The van der Waals surface area contributed by atoms with Crippen molar-refractivity contribution in [2.45, 2.75) is 38.3 Å². The van der Waals surface area contributed by atoms with E-state index in [0.717, 1.165) is 21.9 Å². The fraction of sp³-hybridized carbons (Fsp3) is 0.522. The number of hydrogen-bond donors (Lipinski definition) is 2. The second-order valence-corrected chi connectivity index (χ2v) is 9.45. The van der Waals surface area contributed by atoms with Gasteiger partial charge in [0, 0.05) is 29.1 Å². The summed E-state index contributed by atoms with van der Waals surface area (Å²) >= 11 is 6.41. The highest BCUT2D eigenvalue weighted by Gasteiger charge is 2.44. The average Bonchev–Trinajstić information content (AvgIpc) is 3.60. The molecule has 8 nitrogen and oxygen atoms in total. The summed E-state index contributed by atoms with van der Waals surface area (Å²) in [4.78, 5) is 17.5. The minimum absolute atomic E-state index is 0.00537. The van der Waals surface area contributed by atoms with Gasteiger partial charge in [0.2, 0.25) is 0 Å². The summed E-state index contributed by atoms with van der Waals surface area (Å²) in [5.41, 5.74) is 3.65. The maximum atomic E-state index is 13.7. The molecule has 5 rings (SSSR count). The van der Waals surface area contributed by atoms with Crippen molar-refractivity contribution in [1.82, 2.24) is 15.3 Å². The SMILES string of the molecule is CC1([C@H]2COc3cc(C4OC4NO)ccc3CN2C(=O)N2CCOCC2)C=CC=C(Cl)C1. The van der Waals surface area contributed by atoms with Crippen LogP contribution in [0.5, 0.6) is 5.75 Å². The number of hydrogen-bond acceptors (Lipinski definition) is 6. The number of carbonyl (C=O) groups is 1. The summed E-state index contributed by atoms with van der Waals surface area (Å²) in [6.07, 6.45) is 6.04. The van der Waals surface area contributed by atoms with Crippen LogP contribution in [-0.2, 0) is 16.0 Å². The Morgan fingerprint density at radius 2 is 2.12 bits per heavy atom. The number of nitrogens with zero attached hydrogens (tertiary/aromatic N) is 2. The van der Waals surface area contributed by atoms with Gasteiger partial charge in [0.05, 0.1) is 25.8 Å². The Bertz CT molecular complexity index is 948. The molecule has 2 saturated heterocycles. The monoisotopic (exact) mass is 461 g/mol. The second-order valence-electron chi connectivity index (χ2n) is 8.97. The third-order valence-corrected chi connectivity index (χ3v) is 7.00. The standard InChI is InChI=1S/C23H28ClN3O5/c1-23(6-2-3-17(24)12-23)19-14-31-18-11-15(20-21(25-29)32-20)4-5-16(18)13-27(19)22(28)26-7-9-30-10-8-26/h2-6,11,19-21,25,29H,7-10,12-14H2,1H3/t19-,20?,21?,23?/m1/s1. The van der Waals surface area contributed by atoms with E-state index >= 15 is 0 Å². The Kier molecular flexibility index (Phi) is 5.90. The number of halogens is 1. The van der Waals surface area contributed by atoms with Gasteiger partial charge in [-0.1, -0.05) is 42.8 Å². The predicted molar refractivity (Wildman–Crippen MR) is 117 cm³/mol. The highest BCUT2D eigenvalue weighted by Crippen LogP contribution is 2.43. The zero-order valence-corrected chi connectivity index (χ0v) is 18.8. The van der Waals surface area contributed by atoms with Crippen LogP contribution in [0.1, 0.15) is 30.6 Å². The molecule has 0 saturated carbocycles. The molecule has 3 unspecified atom stereocenters. The van der Waals surface area contributed by atoms with Crippen molar-refractivity contribution in [2.75, 3.05) is 32.9 Å². The first-order chi connectivity index (χ1) is 15.5. The van der Waals surface area contributed by atoms with Gasteiger partial charge < -0.3 is 29.2 Å². The Labute approximate surface area is 192 Å². The van der Waals surface area contributed by atoms with Crippen LogP contribution in [0.3, 0.4) is 0 Å². The lowest BCUT2D eigenvalue weighted by Gasteiger charge is -2.44. The number of epoxide rings is 1. The molecule has 2 amide bonds. The number of amides is 2. The number of nitrogens with one attached hydrogen (secondary N) is 1. The van der Waals surface area contributed by atoms with E-state index in [1.165, 1.54) is 0 Å². The molecule has 0 spiro atoms. The lowest BCUT2D eigenvalue weighted by molar-refractivity contribution is 0.0250. The Balaban J connectivity index is 1.46. The molecule has 4 atom stereocenters. The Morgan fingerprint density at radius 1 is 1.31 bits per heavy atom. The van der Waals surface area contributed by atoms with Crippen LogP contribution in [0.25, 0.3) is 0 Å². The van der Waals surface area contributed by atoms with E-state index in [1.54, 1.807) is 0 Å². The van der Waals surface area contributed by atoms with Crippen molar-refractivity contribution in [3.63, 3.8) is 0 Å². The normalized spacial score (nSPS) is 32.0. The number of allylic oxidation sites excluding steroid dienone is 3. The van der Waals surface area contributed by atoms with Crippen LogP contribution >= 0.6 is 11.6 Å². The summed E-state index contributed by atoms with van der Waals surface area (Å²) in [5.74, 6) is 0.738.